The monoisotopic (exact) mass is 632 g/mol. The maximum Gasteiger partial charge on any atom is 0.246 e. The van der Waals surface area contributed by atoms with Crippen molar-refractivity contribution in [1.82, 2.24) is 0 Å². The zero-order valence-electron chi connectivity index (χ0n) is 17.3. The lowest BCUT2D eigenvalue weighted by atomic mass is 9.35. The molecule has 0 atom stereocenters. The smallest absolute Gasteiger partial charge is 0.138 e. The molecule has 2 heterocycles. The Bertz CT molecular complexity index is 884. The van der Waals surface area contributed by atoms with Gasteiger partial charge in [-0.3, -0.25) is 0 Å². The van der Waals surface area contributed by atoms with Gasteiger partial charge in [0.1, 0.15) is 0 Å². The molecule has 0 unspecified atom stereocenters. The van der Waals surface area contributed by atoms with Crippen LogP contribution in [0.3, 0.4) is 0 Å². The molecule has 0 bridgehead atoms. The zero-order chi connectivity index (χ0) is 20.6. The Labute approximate surface area is 205 Å². The van der Waals surface area contributed by atoms with Crippen LogP contribution in [-0.4, -0.2) is 6.71 Å². The Hall–Kier alpha value is 0.145. The van der Waals surface area contributed by atoms with Crippen LogP contribution >= 0.6 is 67.9 Å². The first-order valence-electron chi connectivity index (χ1n) is 9.85. The summed E-state index contributed by atoms with van der Waals surface area (Å²) in [5.74, 6) is 1.55. The predicted octanol–water partition coefficient (Wildman–Crippen LogP) is 6.91. The van der Waals surface area contributed by atoms with Crippen LogP contribution in [-0.2, 0) is 0 Å². The van der Waals surface area contributed by atoms with Gasteiger partial charge in [-0.1, -0.05) is 71.3 Å². The second kappa shape index (κ2) is 9.52. The molecule has 0 N–H and O–H groups in total. The Kier molecular flexibility index (Phi) is 7.76. The molecule has 3 rings (SSSR count). The van der Waals surface area contributed by atoms with Crippen LogP contribution in [0.15, 0.2) is 35.0 Å². The highest BCUT2D eigenvalue weighted by molar-refractivity contribution is 14.1. The largest absolute Gasteiger partial charge is 0.246 e. The highest BCUT2D eigenvalue weighted by Crippen LogP contribution is 2.27. The topological polar surface area (TPSA) is 0 Å². The van der Waals surface area contributed by atoms with Crippen LogP contribution in [0.2, 0.25) is 0 Å². The molecule has 3 aromatic rings. The van der Waals surface area contributed by atoms with Crippen molar-refractivity contribution in [3.05, 3.63) is 57.5 Å². The lowest BCUT2D eigenvalue weighted by molar-refractivity contribution is 0.812. The summed E-state index contributed by atoms with van der Waals surface area (Å²) < 4.78 is 2.81. The summed E-state index contributed by atoms with van der Waals surface area (Å²) in [7, 11) is 0. The van der Waals surface area contributed by atoms with Gasteiger partial charge in [-0.2, -0.15) is 0 Å². The molecule has 1 aromatic carbocycles. The highest BCUT2D eigenvalue weighted by Gasteiger charge is 2.32. The third-order valence-corrected chi connectivity index (χ3v) is 9.58. The lowest BCUT2D eigenvalue weighted by Gasteiger charge is -2.27. The summed E-state index contributed by atoms with van der Waals surface area (Å²) in [4.78, 5) is 0. The van der Waals surface area contributed by atoms with Gasteiger partial charge < -0.3 is 0 Å². The molecule has 0 amide bonds. The maximum absolute atomic E-state index is 2.53. The van der Waals surface area contributed by atoms with Gasteiger partial charge in [0.25, 0.3) is 0 Å². The fourth-order valence-corrected chi connectivity index (χ4v) is 7.02. The summed E-state index contributed by atoms with van der Waals surface area (Å²) in [5, 5.41) is 4.49. The Morgan fingerprint density at radius 2 is 1.14 bits per heavy atom. The van der Waals surface area contributed by atoms with E-state index in [0.717, 1.165) is 0 Å². The summed E-state index contributed by atoms with van der Waals surface area (Å²) >= 11 is 8.77. The normalized spacial score (nSPS) is 11.8. The predicted molar refractivity (Wildman–Crippen MR) is 147 cm³/mol. The van der Waals surface area contributed by atoms with E-state index >= 15 is 0 Å². The van der Waals surface area contributed by atoms with Gasteiger partial charge in [0.2, 0.25) is 6.71 Å². The number of hydrogen-bond acceptors (Lipinski definition) is 2. The first-order chi connectivity index (χ1) is 13.2. The van der Waals surface area contributed by atoms with Gasteiger partial charge >= 0.3 is 0 Å². The minimum atomic E-state index is 0.312. The average Bonchev–Trinajstić information content (AvgIpc) is 3.24. The number of rotatable bonds is 6. The van der Waals surface area contributed by atoms with E-state index in [1.54, 1.807) is 5.46 Å². The first kappa shape index (κ1) is 22.8. The van der Waals surface area contributed by atoms with E-state index in [0.29, 0.717) is 24.5 Å². The van der Waals surface area contributed by atoms with Crippen LogP contribution in [0.5, 0.6) is 0 Å². The fourth-order valence-electron chi connectivity index (χ4n) is 3.84. The standard InChI is InChI=1S/C23H27BI2S2/c1-13(2)16-11-17(14(3)4)21(18(12-16)15(5)6)24(19-7-9-27-22(19)25)20-8-10-28-23(20)26/h7-15H,1-6H3. The van der Waals surface area contributed by atoms with Crippen molar-refractivity contribution in [3.63, 3.8) is 0 Å². The molecule has 0 saturated carbocycles. The fraction of sp³-hybridized carbons (Fsp3) is 0.391. The van der Waals surface area contributed by atoms with Gasteiger partial charge in [0, 0.05) is 0 Å². The first-order valence-corrected chi connectivity index (χ1v) is 13.8. The second-order valence-corrected chi connectivity index (χ2v) is 13.8. The van der Waals surface area contributed by atoms with Gasteiger partial charge in [-0.05, 0) is 101 Å². The van der Waals surface area contributed by atoms with E-state index in [1.165, 1.54) is 33.4 Å². The number of hydrogen-bond donors (Lipinski definition) is 0. The van der Waals surface area contributed by atoms with Crippen molar-refractivity contribution >= 4 is 91.0 Å². The molecular weight excluding hydrogens is 605 g/mol. The summed E-state index contributed by atoms with van der Waals surface area (Å²) in [6, 6.07) is 9.66. The van der Waals surface area contributed by atoms with E-state index in [2.05, 4.69) is 122 Å². The summed E-state index contributed by atoms with van der Waals surface area (Å²) in [5.41, 5.74) is 8.97. The zero-order valence-corrected chi connectivity index (χ0v) is 23.3. The summed E-state index contributed by atoms with van der Waals surface area (Å²) in [6.45, 7) is 14.3. The average molecular weight is 632 g/mol. The lowest BCUT2D eigenvalue weighted by Crippen LogP contribution is -2.55. The van der Waals surface area contributed by atoms with Crippen molar-refractivity contribution < 1.29 is 0 Å². The van der Waals surface area contributed by atoms with Crippen LogP contribution in [0.25, 0.3) is 0 Å². The van der Waals surface area contributed by atoms with E-state index < -0.39 is 0 Å². The van der Waals surface area contributed by atoms with Crippen molar-refractivity contribution in [2.24, 2.45) is 0 Å². The Morgan fingerprint density at radius 1 is 0.714 bits per heavy atom. The molecular formula is C23H27BI2S2. The number of halogens is 2. The number of benzene rings is 1. The molecule has 0 aliphatic carbocycles. The van der Waals surface area contributed by atoms with Crippen LogP contribution < -0.4 is 16.4 Å². The number of thiophene rings is 2. The molecule has 0 aliphatic rings. The minimum absolute atomic E-state index is 0.312. The van der Waals surface area contributed by atoms with Crippen molar-refractivity contribution in [2.75, 3.05) is 0 Å². The third-order valence-electron chi connectivity index (χ3n) is 5.38. The molecule has 28 heavy (non-hydrogen) atoms. The second-order valence-electron chi connectivity index (χ2n) is 8.31. The SMILES string of the molecule is CC(C)c1cc(C(C)C)c(B(c2ccsc2I)c2ccsc2I)c(C(C)C)c1. The molecule has 0 fully saturated rings. The Morgan fingerprint density at radius 3 is 1.43 bits per heavy atom. The molecule has 0 spiro atoms. The molecule has 0 nitrogen and oxygen atoms in total. The van der Waals surface area contributed by atoms with E-state index in [1.807, 2.05) is 22.7 Å². The van der Waals surface area contributed by atoms with E-state index in [4.69, 9.17) is 0 Å². The molecule has 148 valence electrons. The highest BCUT2D eigenvalue weighted by atomic mass is 127. The van der Waals surface area contributed by atoms with Gasteiger partial charge in [0.05, 0.1) is 5.77 Å². The van der Waals surface area contributed by atoms with Crippen molar-refractivity contribution in [3.8, 4) is 0 Å². The van der Waals surface area contributed by atoms with Gasteiger partial charge in [0.15, 0.2) is 0 Å². The van der Waals surface area contributed by atoms with Crippen molar-refractivity contribution in [1.29, 1.82) is 0 Å². The van der Waals surface area contributed by atoms with Crippen LogP contribution in [0.1, 0.15) is 76.0 Å². The van der Waals surface area contributed by atoms with Crippen molar-refractivity contribution in [2.45, 2.75) is 59.3 Å². The molecule has 0 aliphatic heterocycles. The molecule has 0 saturated heterocycles. The van der Waals surface area contributed by atoms with E-state index in [-0.39, 0.29) is 0 Å². The molecule has 0 radical (unpaired) electrons. The van der Waals surface area contributed by atoms with Gasteiger partial charge in [-0.15, -0.1) is 22.7 Å². The van der Waals surface area contributed by atoms with Crippen LogP contribution in [0, 0.1) is 5.77 Å². The minimum Gasteiger partial charge on any atom is -0.138 e. The van der Waals surface area contributed by atoms with Crippen LogP contribution in [0.4, 0.5) is 0 Å². The Balaban J connectivity index is 2.40. The third kappa shape index (κ3) is 4.57. The quantitative estimate of drug-likeness (QED) is 0.205. The maximum atomic E-state index is 2.53. The molecule has 2 aromatic heterocycles. The van der Waals surface area contributed by atoms with E-state index in [9.17, 15) is 0 Å². The summed E-state index contributed by atoms with van der Waals surface area (Å²) in [6.07, 6.45) is 0. The van der Waals surface area contributed by atoms with Gasteiger partial charge in [-0.25, -0.2) is 0 Å². The molecule has 5 heteroatoms.